The predicted molar refractivity (Wildman–Crippen MR) is 95.5 cm³/mol. The fourth-order valence-corrected chi connectivity index (χ4v) is 3.28. The van der Waals surface area contributed by atoms with Crippen LogP contribution < -0.4 is 4.90 Å². The smallest absolute Gasteiger partial charge is 0.296 e. The Kier molecular flexibility index (Phi) is 4.18. The SMILES string of the molecule is O=C(c1ccco1)N(Cc1ccco1)c1nc(-c2ccccc2)cs1. The Balaban J connectivity index is 1.68. The van der Waals surface area contributed by atoms with Gasteiger partial charge >= 0.3 is 0 Å². The van der Waals surface area contributed by atoms with Crippen molar-refractivity contribution in [2.75, 3.05) is 4.90 Å². The van der Waals surface area contributed by atoms with Crippen LogP contribution in [0.5, 0.6) is 0 Å². The quantitative estimate of drug-likeness (QED) is 0.516. The first-order chi connectivity index (χ1) is 12.3. The van der Waals surface area contributed by atoms with Crippen molar-refractivity contribution in [3.63, 3.8) is 0 Å². The Labute approximate surface area is 148 Å². The van der Waals surface area contributed by atoms with Crippen molar-refractivity contribution < 1.29 is 13.6 Å². The van der Waals surface area contributed by atoms with Crippen LogP contribution in [-0.4, -0.2) is 10.9 Å². The Morgan fingerprint density at radius 3 is 2.52 bits per heavy atom. The van der Waals surface area contributed by atoms with Crippen LogP contribution in [0.15, 0.2) is 81.3 Å². The van der Waals surface area contributed by atoms with Gasteiger partial charge in [-0.05, 0) is 24.3 Å². The first-order valence-electron chi connectivity index (χ1n) is 7.70. The summed E-state index contributed by atoms with van der Waals surface area (Å²) in [4.78, 5) is 19.0. The third-order valence-corrected chi connectivity index (χ3v) is 4.53. The lowest BCUT2D eigenvalue weighted by molar-refractivity contribution is 0.0956. The molecule has 0 radical (unpaired) electrons. The van der Waals surface area contributed by atoms with E-state index in [0.29, 0.717) is 10.9 Å². The number of rotatable bonds is 5. The molecule has 0 bridgehead atoms. The van der Waals surface area contributed by atoms with Gasteiger partial charge in [-0.2, -0.15) is 0 Å². The molecule has 6 heteroatoms. The zero-order chi connectivity index (χ0) is 17.1. The molecule has 1 amide bonds. The highest BCUT2D eigenvalue weighted by Crippen LogP contribution is 2.29. The fourth-order valence-electron chi connectivity index (χ4n) is 2.45. The van der Waals surface area contributed by atoms with Gasteiger partial charge in [0, 0.05) is 10.9 Å². The molecule has 5 nitrogen and oxygen atoms in total. The summed E-state index contributed by atoms with van der Waals surface area (Å²) in [7, 11) is 0. The molecule has 0 aliphatic heterocycles. The second-order valence-corrected chi connectivity index (χ2v) is 6.17. The largest absolute Gasteiger partial charge is 0.467 e. The van der Waals surface area contributed by atoms with Crippen LogP contribution in [-0.2, 0) is 6.54 Å². The van der Waals surface area contributed by atoms with Crippen LogP contribution >= 0.6 is 11.3 Å². The summed E-state index contributed by atoms with van der Waals surface area (Å²) in [5, 5.41) is 2.53. The maximum Gasteiger partial charge on any atom is 0.296 e. The molecule has 3 aromatic heterocycles. The topological polar surface area (TPSA) is 59.5 Å². The normalized spacial score (nSPS) is 10.7. The first kappa shape index (κ1) is 15.4. The van der Waals surface area contributed by atoms with Crippen LogP contribution in [0.25, 0.3) is 11.3 Å². The van der Waals surface area contributed by atoms with Gasteiger partial charge in [-0.25, -0.2) is 4.98 Å². The van der Waals surface area contributed by atoms with Gasteiger partial charge in [-0.15, -0.1) is 11.3 Å². The number of nitrogens with zero attached hydrogens (tertiary/aromatic N) is 2. The average molecular weight is 350 g/mol. The van der Waals surface area contributed by atoms with Gasteiger partial charge in [0.1, 0.15) is 5.76 Å². The van der Waals surface area contributed by atoms with E-state index in [1.807, 2.05) is 41.8 Å². The van der Waals surface area contributed by atoms with Gasteiger partial charge in [-0.3, -0.25) is 9.69 Å². The van der Waals surface area contributed by atoms with Crippen molar-refractivity contribution in [2.24, 2.45) is 0 Å². The van der Waals surface area contributed by atoms with Gasteiger partial charge in [0.25, 0.3) is 5.91 Å². The lowest BCUT2D eigenvalue weighted by atomic mass is 10.2. The van der Waals surface area contributed by atoms with Gasteiger partial charge < -0.3 is 8.83 Å². The number of thiazole rings is 1. The lowest BCUT2D eigenvalue weighted by Crippen LogP contribution is -2.29. The lowest BCUT2D eigenvalue weighted by Gasteiger charge is -2.17. The molecule has 0 atom stereocenters. The highest BCUT2D eigenvalue weighted by molar-refractivity contribution is 7.14. The van der Waals surface area contributed by atoms with Gasteiger partial charge in [0.15, 0.2) is 10.9 Å². The van der Waals surface area contributed by atoms with Gasteiger partial charge in [-0.1, -0.05) is 30.3 Å². The van der Waals surface area contributed by atoms with E-state index in [9.17, 15) is 4.79 Å². The Hall–Kier alpha value is -3.12. The Morgan fingerprint density at radius 2 is 1.80 bits per heavy atom. The van der Waals surface area contributed by atoms with E-state index >= 15 is 0 Å². The minimum Gasteiger partial charge on any atom is -0.467 e. The summed E-state index contributed by atoms with van der Waals surface area (Å²) in [6, 6.07) is 16.8. The van der Waals surface area contributed by atoms with Crippen molar-refractivity contribution >= 4 is 22.4 Å². The average Bonchev–Trinajstić information content (AvgIpc) is 3.42. The van der Waals surface area contributed by atoms with E-state index in [2.05, 4.69) is 4.98 Å². The summed E-state index contributed by atoms with van der Waals surface area (Å²) < 4.78 is 10.7. The van der Waals surface area contributed by atoms with Crippen LogP contribution in [0.4, 0.5) is 5.13 Å². The van der Waals surface area contributed by atoms with Gasteiger partial charge in [0.05, 0.1) is 24.8 Å². The molecular weight excluding hydrogens is 336 g/mol. The number of carbonyl (C=O) groups excluding carboxylic acids is 1. The molecule has 0 N–H and O–H groups in total. The van der Waals surface area contributed by atoms with Crippen molar-refractivity contribution in [1.82, 2.24) is 4.98 Å². The zero-order valence-electron chi connectivity index (χ0n) is 13.2. The molecule has 25 heavy (non-hydrogen) atoms. The molecule has 0 aliphatic rings. The Morgan fingerprint density at radius 1 is 1.00 bits per heavy atom. The third-order valence-electron chi connectivity index (χ3n) is 3.66. The van der Waals surface area contributed by atoms with E-state index in [0.717, 1.165) is 11.3 Å². The third kappa shape index (κ3) is 3.25. The van der Waals surface area contributed by atoms with E-state index in [1.165, 1.54) is 17.6 Å². The minimum atomic E-state index is -0.254. The van der Waals surface area contributed by atoms with Crippen molar-refractivity contribution in [3.05, 3.63) is 84.0 Å². The summed E-state index contributed by atoms with van der Waals surface area (Å²) in [5.41, 5.74) is 1.84. The molecule has 0 saturated heterocycles. The molecule has 0 spiro atoms. The number of hydrogen-bond acceptors (Lipinski definition) is 5. The zero-order valence-corrected chi connectivity index (χ0v) is 14.0. The highest BCUT2D eigenvalue weighted by atomic mass is 32.1. The summed E-state index contributed by atoms with van der Waals surface area (Å²) >= 11 is 1.41. The van der Waals surface area contributed by atoms with E-state index in [1.54, 1.807) is 29.4 Å². The number of amides is 1. The molecular formula is C19H14N2O3S. The number of furan rings is 2. The van der Waals surface area contributed by atoms with E-state index < -0.39 is 0 Å². The van der Waals surface area contributed by atoms with Crippen molar-refractivity contribution in [3.8, 4) is 11.3 Å². The molecule has 4 rings (SSSR count). The summed E-state index contributed by atoms with van der Waals surface area (Å²) in [5.74, 6) is 0.690. The molecule has 1 aromatic carbocycles. The number of aromatic nitrogens is 1. The van der Waals surface area contributed by atoms with Crippen LogP contribution in [0.3, 0.4) is 0 Å². The molecule has 0 fully saturated rings. The second-order valence-electron chi connectivity index (χ2n) is 5.33. The molecule has 3 heterocycles. The predicted octanol–water partition coefficient (Wildman–Crippen LogP) is 4.84. The molecule has 0 unspecified atom stereocenters. The monoisotopic (exact) mass is 350 g/mol. The van der Waals surface area contributed by atoms with Crippen molar-refractivity contribution in [2.45, 2.75) is 6.54 Å². The molecule has 0 saturated carbocycles. The highest BCUT2D eigenvalue weighted by Gasteiger charge is 2.24. The number of anilines is 1. The Bertz CT molecular complexity index is 944. The second kappa shape index (κ2) is 6.78. The van der Waals surface area contributed by atoms with E-state index in [4.69, 9.17) is 8.83 Å². The maximum absolute atomic E-state index is 12.8. The van der Waals surface area contributed by atoms with Gasteiger partial charge in [0.2, 0.25) is 0 Å². The summed E-state index contributed by atoms with van der Waals surface area (Å²) in [6.07, 6.45) is 3.07. The number of benzene rings is 1. The molecule has 0 aliphatic carbocycles. The fraction of sp³-hybridized carbons (Fsp3) is 0.0526. The maximum atomic E-state index is 12.8. The summed E-state index contributed by atoms with van der Waals surface area (Å²) in [6.45, 7) is 0.286. The van der Waals surface area contributed by atoms with E-state index in [-0.39, 0.29) is 18.2 Å². The van der Waals surface area contributed by atoms with Crippen LogP contribution in [0.1, 0.15) is 16.3 Å². The van der Waals surface area contributed by atoms with Crippen molar-refractivity contribution in [1.29, 1.82) is 0 Å². The molecule has 124 valence electrons. The number of hydrogen-bond donors (Lipinski definition) is 0. The minimum absolute atomic E-state index is 0.254. The molecule has 4 aromatic rings. The van der Waals surface area contributed by atoms with Crippen LogP contribution in [0.2, 0.25) is 0 Å². The number of carbonyl (C=O) groups is 1. The van der Waals surface area contributed by atoms with Crippen LogP contribution in [0, 0.1) is 0 Å². The first-order valence-corrected chi connectivity index (χ1v) is 8.58. The standard InChI is InChI=1S/C19H14N2O3S/c22-18(17-9-5-11-24-17)21(12-15-8-4-10-23-15)19-20-16(13-25-19)14-6-2-1-3-7-14/h1-11,13H,12H2.